The topological polar surface area (TPSA) is 85.1 Å². The summed E-state index contributed by atoms with van der Waals surface area (Å²) in [5.41, 5.74) is 5.02. The van der Waals surface area contributed by atoms with Crippen molar-refractivity contribution >= 4 is 39.8 Å². The van der Waals surface area contributed by atoms with E-state index in [1.807, 2.05) is 71.3 Å². The van der Waals surface area contributed by atoms with Crippen molar-refractivity contribution < 1.29 is 4.79 Å². The summed E-state index contributed by atoms with van der Waals surface area (Å²) in [5, 5.41) is 13.3. The molecule has 0 aliphatic rings. The molecule has 0 fully saturated rings. The summed E-state index contributed by atoms with van der Waals surface area (Å²) in [6.45, 7) is 0. The molecule has 0 atom stereocenters. The number of thioether (sulfide) groups is 1. The van der Waals surface area contributed by atoms with E-state index < -0.39 is 0 Å². The number of benzene rings is 2. The fraction of sp³-hybridized carbons (Fsp3) is 0.0455. The second-order valence-electron chi connectivity index (χ2n) is 6.32. The minimum atomic E-state index is -0.246. The second-order valence-corrected chi connectivity index (χ2v) is 8.18. The first-order chi connectivity index (χ1) is 15.2. The Balaban J connectivity index is 1.51. The number of nitrogens with zero attached hydrogens (tertiary/aromatic N) is 5. The van der Waals surface area contributed by atoms with Crippen molar-refractivity contribution in [3.05, 3.63) is 89.2 Å². The number of nitrogens with one attached hydrogen (secondary N) is 1. The maximum Gasteiger partial charge on any atom is 0.250 e. The lowest BCUT2D eigenvalue weighted by atomic mass is 10.2. The average molecular weight is 493 g/mol. The van der Waals surface area contributed by atoms with Gasteiger partial charge in [-0.25, -0.2) is 5.43 Å². The van der Waals surface area contributed by atoms with E-state index in [0.29, 0.717) is 16.7 Å². The minimum absolute atomic E-state index is 0.142. The Morgan fingerprint density at radius 3 is 2.55 bits per heavy atom. The Morgan fingerprint density at radius 1 is 1.03 bits per heavy atom. The minimum Gasteiger partial charge on any atom is -0.272 e. The number of hydrogen-bond acceptors (Lipinski definition) is 6. The van der Waals surface area contributed by atoms with Crippen LogP contribution in [-0.4, -0.2) is 37.6 Å². The molecule has 0 spiro atoms. The van der Waals surface area contributed by atoms with Crippen LogP contribution in [-0.2, 0) is 4.79 Å². The largest absolute Gasteiger partial charge is 0.272 e. The fourth-order valence-electron chi connectivity index (χ4n) is 2.75. The molecule has 0 saturated heterocycles. The predicted octanol–water partition coefficient (Wildman–Crippen LogP) is 4.33. The molecule has 0 aliphatic carbocycles. The molecular weight excluding hydrogens is 476 g/mol. The number of amides is 1. The van der Waals surface area contributed by atoms with Gasteiger partial charge in [0.15, 0.2) is 11.0 Å². The van der Waals surface area contributed by atoms with Crippen LogP contribution < -0.4 is 5.43 Å². The number of hydrazone groups is 1. The van der Waals surface area contributed by atoms with Crippen LogP contribution in [0.25, 0.3) is 17.1 Å². The lowest BCUT2D eigenvalue weighted by Gasteiger charge is -2.10. The van der Waals surface area contributed by atoms with Crippen LogP contribution in [0.1, 0.15) is 5.69 Å². The SMILES string of the molecule is O=C(CSc1nnc(-c2ccccc2)n1-c1ccc(Br)cc1)NN=Cc1ccccn1. The van der Waals surface area contributed by atoms with Gasteiger partial charge >= 0.3 is 0 Å². The first-order valence-corrected chi connectivity index (χ1v) is 11.1. The van der Waals surface area contributed by atoms with Gasteiger partial charge in [0.25, 0.3) is 5.91 Å². The molecule has 1 amide bonds. The van der Waals surface area contributed by atoms with Crippen LogP contribution >= 0.6 is 27.7 Å². The van der Waals surface area contributed by atoms with Crippen LogP contribution in [0, 0.1) is 0 Å². The molecule has 0 saturated carbocycles. The van der Waals surface area contributed by atoms with Gasteiger partial charge in [-0.3, -0.25) is 14.3 Å². The van der Waals surface area contributed by atoms with E-state index in [2.05, 4.69) is 41.6 Å². The van der Waals surface area contributed by atoms with E-state index >= 15 is 0 Å². The number of carbonyl (C=O) groups excluding carboxylic acids is 1. The highest BCUT2D eigenvalue weighted by Gasteiger charge is 2.17. The molecule has 0 radical (unpaired) electrons. The van der Waals surface area contributed by atoms with Gasteiger partial charge in [-0.1, -0.05) is 64.1 Å². The molecule has 0 aliphatic heterocycles. The van der Waals surface area contributed by atoms with Crippen molar-refractivity contribution in [2.24, 2.45) is 5.10 Å². The maximum absolute atomic E-state index is 12.2. The van der Waals surface area contributed by atoms with Gasteiger partial charge in [-0.15, -0.1) is 10.2 Å². The van der Waals surface area contributed by atoms with Gasteiger partial charge in [-0.05, 0) is 36.4 Å². The molecular formula is C22H17BrN6OS. The zero-order valence-electron chi connectivity index (χ0n) is 16.2. The molecule has 4 rings (SSSR count). The Labute approximate surface area is 191 Å². The first kappa shape index (κ1) is 21.0. The van der Waals surface area contributed by atoms with Gasteiger partial charge in [0, 0.05) is 21.9 Å². The Kier molecular flexibility index (Phi) is 6.85. The number of pyridine rings is 1. The monoisotopic (exact) mass is 492 g/mol. The summed E-state index contributed by atoms with van der Waals surface area (Å²) in [6, 6.07) is 23.2. The van der Waals surface area contributed by atoms with Gasteiger partial charge in [0.2, 0.25) is 0 Å². The molecule has 1 N–H and O–H groups in total. The van der Waals surface area contributed by atoms with Crippen molar-refractivity contribution in [2.75, 3.05) is 5.75 Å². The van der Waals surface area contributed by atoms with E-state index in [1.54, 1.807) is 12.3 Å². The van der Waals surface area contributed by atoms with Crippen LogP contribution in [0.2, 0.25) is 0 Å². The van der Waals surface area contributed by atoms with Gasteiger partial charge in [0.1, 0.15) is 0 Å². The lowest BCUT2D eigenvalue weighted by Crippen LogP contribution is -2.20. The molecule has 2 aromatic carbocycles. The van der Waals surface area contributed by atoms with Gasteiger partial charge in [-0.2, -0.15) is 5.10 Å². The van der Waals surface area contributed by atoms with Crippen LogP contribution in [0.3, 0.4) is 0 Å². The summed E-state index contributed by atoms with van der Waals surface area (Å²) >= 11 is 4.76. The summed E-state index contributed by atoms with van der Waals surface area (Å²) in [4.78, 5) is 16.4. The number of hydrogen-bond donors (Lipinski definition) is 1. The Morgan fingerprint density at radius 2 is 1.81 bits per heavy atom. The molecule has 0 unspecified atom stereocenters. The molecule has 7 nitrogen and oxygen atoms in total. The van der Waals surface area contributed by atoms with Crippen molar-refractivity contribution in [3.63, 3.8) is 0 Å². The quantitative estimate of drug-likeness (QED) is 0.235. The van der Waals surface area contributed by atoms with E-state index in [9.17, 15) is 4.79 Å². The zero-order chi connectivity index (χ0) is 21.5. The summed E-state index contributed by atoms with van der Waals surface area (Å²) < 4.78 is 2.92. The van der Waals surface area contributed by atoms with Crippen molar-refractivity contribution in [1.29, 1.82) is 0 Å². The van der Waals surface area contributed by atoms with Crippen molar-refractivity contribution in [3.8, 4) is 17.1 Å². The summed E-state index contributed by atoms with van der Waals surface area (Å²) in [7, 11) is 0. The maximum atomic E-state index is 12.2. The third-order valence-electron chi connectivity index (χ3n) is 4.16. The lowest BCUT2D eigenvalue weighted by molar-refractivity contribution is -0.118. The standard InChI is InChI=1S/C22H17BrN6OS/c23-17-9-11-19(12-10-17)29-21(16-6-2-1-3-7-16)27-28-22(29)31-15-20(30)26-25-14-18-8-4-5-13-24-18/h1-14H,15H2,(H,26,30). The highest BCUT2D eigenvalue weighted by atomic mass is 79.9. The van der Waals surface area contributed by atoms with Crippen molar-refractivity contribution in [1.82, 2.24) is 25.2 Å². The smallest absolute Gasteiger partial charge is 0.250 e. The number of rotatable bonds is 7. The number of aromatic nitrogens is 4. The van der Waals surface area contributed by atoms with E-state index in [-0.39, 0.29) is 11.7 Å². The Bertz CT molecular complexity index is 1180. The molecule has 4 aromatic rings. The average Bonchev–Trinajstić information content (AvgIpc) is 3.23. The fourth-order valence-corrected chi connectivity index (χ4v) is 3.75. The van der Waals surface area contributed by atoms with Crippen LogP contribution in [0.4, 0.5) is 0 Å². The third kappa shape index (κ3) is 5.44. The van der Waals surface area contributed by atoms with Gasteiger partial charge < -0.3 is 0 Å². The number of carbonyl (C=O) groups is 1. The molecule has 154 valence electrons. The predicted molar refractivity (Wildman–Crippen MR) is 125 cm³/mol. The van der Waals surface area contributed by atoms with E-state index in [1.165, 1.54) is 18.0 Å². The zero-order valence-corrected chi connectivity index (χ0v) is 18.6. The first-order valence-electron chi connectivity index (χ1n) is 9.33. The highest BCUT2D eigenvalue weighted by molar-refractivity contribution is 9.10. The summed E-state index contributed by atoms with van der Waals surface area (Å²) in [5.74, 6) is 0.603. The van der Waals surface area contributed by atoms with E-state index in [0.717, 1.165) is 15.7 Å². The van der Waals surface area contributed by atoms with Crippen molar-refractivity contribution in [2.45, 2.75) is 5.16 Å². The van der Waals surface area contributed by atoms with Crippen LogP contribution in [0.15, 0.2) is 93.7 Å². The molecule has 2 heterocycles. The van der Waals surface area contributed by atoms with Crippen LogP contribution in [0.5, 0.6) is 0 Å². The Hall–Kier alpha value is -3.30. The van der Waals surface area contributed by atoms with Gasteiger partial charge in [0.05, 0.1) is 17.7 Å². The summed E-state index contributed by atoms with van der Waals surface area (Å²) in [6.07, 6.45) is 3.17. The highest BCUT2D eigenvalue weighted by Crippen LogP contribution is 2.28. The van der Waals surface area contributed by atoms with E-state index in [4.69, 9.17) is 0 Å². The normalized spacial score (nSPS) is 11.0. The second kappa shape index (κ2) is 10.1. The third-order valence-corrected chi connectivity index (χ3v) is 5.61. The molecule has 9 heteroatoms. The molecule has 0 bridgehead atoms. The molecule has 31 heavy (non-hydrogen) atoms. The number of halogens is 1. The molecule has 2 aromatic heterocycles.